The third-order valence-corrected chi connectivity index (χ3v) is 3.97. The van der Waals surface area contributed by atoms with Crippen molar-refractivity contribution in [2.75, 3.05) is 19.8 Å². The Hall–Kier alpha value is -1.63. The van der Waals surface area contributed by atoms with Gasteiger partial charge in [0.15, 0.2) is 0 Å². The van der Waals surface area contributed by atoms with Crippen LogP contribution in [-0.2, 0) is 20.7 Å². The summed E-state index contributed by atoms with van der Waals surface area (Å²) in [6, 6.07) is 7.29. The smallest absolute Gasteiger partial charge is 0.224 e. The lowest BCUT2D eigenvalue weighted by Gasteiger charge is -2.17. The maximum atomic E-state index is 12.1. The van der Waals surface area contributed by atoms with Gasteiger partial charge >= 0.3 is 0 Å². The Kier molecular flexibility index (Phi) is 4.61. The van der Waals surface area contributed by atoms with E-state index in [1.807, 2.05) is 31.2 Å². The zero-order valence-corrected chi connectivity index (χ0v) is 12.5. The van der Waals surface area contributed by atoms with Gasteiger partial charge in [-0.15, -0.1) is 0 Å². The number of hydrogen-bond donors (Lipinski definition) is 2. The summed E-state index contributed by atoms with van der Waals surface area (Å²) in [7, 11) is 0. The highest BCUT2D eigenvalue weighted by molar-refractivity contribution is 5.79. The molecule has 2 heterocycles. The van der Waals surface area contributed by atoms with Gasteiger partial charge < -0.3 is 24.6 Å². The molecule has 2 saturated heterocycles. The van der Waals surface area contributed by atoms with Crippen LogP contribution in [0.1, 0.15) is 12.5 Å². The van der Waals surface area contributed by atoms with Gasteiger partial charge in [0.2, 0.25) is 5.91 Å². The highest BCUT2D eigenvalue weighted by Crippen LogP contribution is 2.27. The molecule has 1 aromatic carbocycles. The molecule has 0 saturated carbocycles. The Bertz CT molecular complexity index is 518. The minimum Gasteiger partial charge on any atom is -0.494 e. The minimum atomic E-state index is -0.599. The number of carbonyl (C=O) groups excluding carboxylic acids is 1. The largest absolute Gasteiger partial charge is 0.494 e. The molecule has 4 atom stereocenters. The molecule has 2 aliphatic heterocycles. The van der Waals surface area contributed by atoms with Crippen LogP contribution in [-0.4, -0.2) is 55.2 Å². The van der Waals surface area contributed by atoms with Crippen molar-refractivity contribution < 1.29 is 24.1 Å². The van der Waals surface area contributed by atoms with Crippen molar-refractivity contribution in [1.29, 1.82) is 0 Å². The Morgan fingerprint density at radius 2 is 2.00 bits per heavy atom. The second-order valence-electron chi connectivity index (χ2n) is 5.59. The second-order valence-corrected chi connectivity index (χ2v) is 5.59. The molecule has 0 aromatic heterocycles. The van der Waals surface area contributed by atoms with E-state index in [-0.39, 0.29) is 30.8 Å². The van der Waals surface area contributed by atoms with Crippen molar-refractivity contribution in [2.24, 2.45) is 0 Å². The lowest BCUT2D eigenvalue weighted by molar-refractivity contribution is -0.121. The van der Waals surface area contributed by atoms with Gasteiger partial charge in [-0.2, -0.15) is 0 Å². The monoisotopic (exact) mass is 307 g/mol. The maximum absolute atomic E-state index is 12.1. The highest BCUT2D eigenvalue weighted by Gasteiger charge is 2.47. The van der Waals surface area contributed by atoms with E-state index in [9.17, 15) is 9.90 Å². The summed E-state index contributed by atoms with van der Waals surface area (Å²) < 4.78 is 16.4. The van der Waals surface area contributed by atoms with E-state index in [0.717, 1.165) is 11.3 Å². The predicted octanol–water partition coefficient (Wildman–Crippen LogP) is 0.271. The van der Waals surface area contributed by atoms with Gasteiger partial charge in [-0.25, -0.2) is 0 Å². The molecule has 3 rings (SSSR count). The fourth-order valence-corrected chi connectivity index (χ4v) is 2.92. The minimum absolute atomic E-state index is 0.0802. The number of aliphatic hydroxyl groups excluding tert-OH is 1. The molecular formula is C16H21NO5. The summed E-state index contributed by atoms with van der Waals surface area (Å²) in [6.07, 6.45) is -0.879. The number of rotatable bonds is 5. The summed E-state index contributed by atoms with van der Waals surface area (Å²) in [6.45, 7) is 3.19. The standard InChI is InChI=1S/C16H21NO5/c1-2-20-11-5-3-10(4-6-11)7-14(19)17-12-8-21-16-13(18)9-22-15(12)16/h3-6,12-13,15-16,18H,2,7-9H2,1H3,(H,17,19)/t12-,13-,15+,16+/m0/s1. The average Bonchev–Trinajstić information content (AvgIpc) is 3.06. The number of ether oxygens (including phenoxy) is 3. The molecule has 0 spiro atoms. The maximum Gasteiger partial charge on any atom is 0.224 e. The fraction of sp³-hybridized carbons (Fsp3) is 0.562. The second kappa shape index (κ2) is 6.64. The molecule has 2 N–H and O–H groups in total. The lowest BCUT2D eigenvalue weighted by atomic mass is 10.1. The van der Waals surface area contributed by atoms with Crippen molar-refractivity contribution in [3.63, 3.8) is 0 Å². The van der Waals surface area contributed by atoms with Gasteiger partial charge in [0.05, 0.1) is 32.3 Å². The van der Waals surface area contributed by atoms with Crippen molar-refractivity contribution >= 4 is 5.91 Å². The van der Waals surface area contributed by atoms with Gasteiger partial charge in [0.1, 0.15) is 24.1 Å². The Balaban J connectivity index is 1.52. The zero-order chi connectivity index (χ0) is 15.5. The SMILES string of the molecule is CCOc1ccc(CC(=O)N[C@H]2CO[C@H]3[C@@H]2OC[C@@H]3O)cc1. The van der Waals surface area contributed by atoms with Gasteiger partial charge in [-0.3, -0.25) is 4.79 Å². The molecule has 0 radical (unpaired) electrons. The number of amides is 1. The molecule has 6 nitrogen and oxygen atoms in total. The third-order valence-electron chi connectivity index (χ3n) is 3.97. The van der Waals surface area contributed by atoms with Crippen LogP contribution >= 0.6 is 0 Å². The van der Waals surface area contributed by atoms with Crippen LogP contribution in [0.25, 0.3) is 0 Å². The molecule has 6 heteroatoms. The molecule has 2 aliphatic rings. The Morgan fingerprint density at radius 3 is 2.73 bits per heavy atom. The normalized spacial score (nSPS) is 30.1. The first-order valence-corrected chi connectivity index (χ1v) is 7.59. The number of hydrogen-bond acceptors (Lipinski definition) is 5. The van der Waals surface area contributed by atoms with Gasteiger partial charge in [-0.1, -0.05) is 12.1 Å². The summed E-state index contributed by atoms with van der Waals surface area (Å²) in [5.74, 6) is 0.718. The summed E-state index contributed by atoms with van der Waals surface area (Å²) in [5, 5.41) is 12.6. The number of carbonyl (C=O) groups is 1. The number of nitrogens with one attached hydrogen (secondary N) is 1. The third kappa shape index (κ3) is 3.24. The van der Waals surface area contributed by atoms with Crippen LogP contribution in [0.15, 0.2) is 24.3 Å². The van der Waals surface area contributed by atoms with Crippen LogP contribution in [0, 0.1) is 0 Å². The average molecular weight is 307 g/mol. The molecule has 0 aliphatic carbocycles. The van der Waals surface area contributed by atoms with Crippen LogP contribution in [0.3, 0.4) is 0 Å². The Labute approximate surface area is 129 Å². The van der Waals surface area contributed by atoms with E-state index in [1.54, 1.807) is 0 Å². The van der Waals surface area contributed by atoms with Crippen molar-refractivity contribution in [1.82, 2.24) is 5.32 Å². The number of fused-ring (bicyclic) bond motifs is 1. The Morgan fingerprint density at radius 1 is 1.27 bits per heavy atom. The fourth-order valence-electron chi connectivity index (χ4n) is 2.92. The van der Waals surface area contributed by atoms with Crippen molar-refractivity contribution in [3.05, 3.63) is 29.8 Å². The quantitative estimate of drug-likeness (QED) is 0.816. The molecule has 2 fully saturated rings. The summed E-state index contributed by atoms with van der Waals surface area (Å²) in [5.41, 5.74) is 0.920. The number of aliphatic hydroxyl groups is 1. The predicted molar refractivity (Wildman–Crippen MR) is 78.7 cm³/mol. The van der Waals surface area contributed by atoms with E-state index in [2.05, 4.69) is 5.32 Å². The summed E-state index contributed by atoms with van der Waals surface area (Å²) in [4.78, 5) is 12.1. The molecule has 0 bridgehead atoms. The molecule has 0 unspecified atom stereocenters. The molecule has 120 valence electrons. The molecule has 22 heavy (non-hydrogen) atoms. The first kappa shape index (κ1) is 15.3. The van der Waals surface area contributed by atoms with E-state index in [4.69, 9.17) is 14.2 Å². The van der Waals surface area contributed by atoms with Gasteiger partial charge in [0.25, 0.3) is 0 Å². The topological polar surface area (TPSA) is 77.0 Å². The van der Waals surface area contributed by atoms with E-state index in [1.165, 1.54) is 0 Å². The summed E-state index contributed by atoms with van der Waals surface area (Å²) >= 11 is 0. The molecule has 1 amide bonds. The van der Waals surface area contributed by atoms with Crippen molar-refractivity contribution in [2.45, 2.75) is 37.7 Å². The van der Waals surface area contributed by atoms with Crippen LogP contribution in [0.5, 0.6) is 5.75 Å². The molecular weight excluding hydrogens is 286 g/mol. The van der Waals surface area contributed by atoms with Gasteiger partial charge in [-0.05, 0) is 24.6 Å². The first-order valence-electron chi connectivity index (χ1n) is 7.59. The van der Waals surface area contributed by atoms with Crippen LogP contribution in [0.4, 0.5) is 0 Å². The first-order chi connectivity index (χ1) is 10.7. The van der Waals surface area contributed by atoms with Crippen LogP contribution < -0.4 is 10.1 Å². The zero-order valence-electron chi connectivity index (χ0n) is 12.5. The highest BCUT2D eigenvalue weighted by atomic mass is 16.6. The number of benzene rings is 1. The van der Waals surface area contributed by atoms with Crippen LogP contribution in [0.2, 0.25) is 0 Å². The lowest BCUT2D eigenvalue weighted by Crippen LogP contribution is -2.44. The molecule has 1 aromatic rings. The van der Waals surface area contributed by atoms with E-state index < -0.39 is 6.10 Å². The van der Waals surface area contributed by atoms with Crippen molar-refractivity contribution in [3.8, 4) is 5.75 Å². The van der Waals surface area contributed by atoms with E-state index in [0.29, 0.717) is 19.6 Å². The van der Waals surface area contributed by atoms with E-state index >= 15 is 0 Å². The van der Waals surface area contributed by atoms with Gasteiger partial charge in [0, 0.05) is 0 Å².